The van der Waals surface area contributed by atoms with E-state index in [1.54, 1.807) is 6.92 Å². The van der Waals surface area contributed by atoms with Crippen LogP contribution >= 0.6 is 11.6 Å². The van der Waals surface area contributed by atoms with Crippen LogP contribution in [-0.4, -0.2) is 17.1 Å². The van der Waals surface area contributed by atoms with Crippen LogP contribution in [-0.2, 0) is 4.74 Å². The van der Waals surface area contributed by atoms with Gasteiger partial charge in [0, 0.05) is 23.5 Å². The molecule has 1 aliphatic carbocycles. The molecule has 6 heteroatoms. The van der Waals surface area contributed by atoms with E-state index in [4.69, 9.17) is 16.3 Å². The van der Waals surface area contributed by atoms with Crippen LogP contribution in [0.2, 0.25) is 5.02 Å². The van der Waals surface area contributed by atoms with Crippen molar-refractivity contribution in [1.82, 2.24) is 4.57 Å². The largest absolute Gasteiger partial charge is 0.462 e. The molecule has 0 amide bonds. The van der Waals surface area contributed by atoms with E-state index < -0.39 is 17.2 Å². The highest BCUT2D eigenvalue weighted by Crippen LogP contribution is 2.52. The second-order valence-electron chi connectivity index (χ2n) is 6.60. The Morgan fingerprint density at radius 3 is 2.74 bits per heavy atom. The topological polar surface area (TPSA) is 48.3 Å². The van der Waals surface area contributed by atoms with E-state index >= 15 is 0 Å². The van der Waals surface area contributed by atoms with E-state index in [-0.39, 0.29) is 34.5 Å². The Kier molecular flexibility index (Phi) is 4.48. The summed E-state index contributed by atoms with van der Waals surface area (Å²) < 4.78 is 20.9. The van der Waals surface area contributed by atoms with Crippen molar-refractivity contribution in [3.63, 3.8) is 0 Å². The van der Waals surface area contributed by atoms with Gasteiger partial charge in [-0.15, -0.1) is 0 Å². The maximum absolute atomic E-state index is 14.0. The Morgan fingerprint density at radius 1 is 1.30 bits per heavy atom. The molecule has 1 aliphatic rings. The van der Waals surface area contributed by atoms with Crippen LogP contribution in [0.15, 0.2) is 53.5 Å². The molecular formula is C21H17ClFNO3. The van der Waals surface area contributed by atoms with Crippen molar-refractivity contribution in [1.29, 1.82) is 0 Å². The number of halogens is 2. The third-order valence-electron chi connectivity index (χ3n) is 4.91. The van der Waals surface area contributed by atoms with Gasteiger partial charge in [0.15, 0.2) is 0 Å². The van der Waals surface area contributed by atoms with Crippen LogP contribution in [0, 0.1) is 5.82 Å². The number of ether oxygens (including phenoxy) is 1. The number of fused-ring (bicyclic) bond motifs is 1. The molecule has 1 aromatic heterocycles. The third-order valence-corrected chi connectivity index (χ3v) is 5.20. The standard InChI is InChI=1S/C21H17ClFNO3/c1-2-27-21(26)15-11-24(18-9-13(18)12-6-4-3-5-7-12)19-10-16(22)17(23)8-14(19)20(15)25/h3-8,10-11,13,18H,2,9H2,1H3. The highest BCUT2D eigenvalue weighted by Gasteiger charge is 2.40. The first kappa shape index (κ1) is 17.7. The molecular weight excluding hydrogens is 369 g/mol. The quantitative estimate of drug-likeness (QED) is 0.611. The Hall–Kier alpha value is -2.66. The van der Waals surface area contributed by atoms with Gasteiger partial charge in [0.05, 0.1) is 17.1 Å². The molecule has 0 saturated heterocycles. The molecule has 4 nitrogen and oxygen atoms in total. The van der Waals surface area contributed by atoms with Crippen LogP contribution in [0.3, 0.4) is 0 Å². The van der Waals surface area contributed by atoms with Crippen molar-refractivity contribution < 1.29 is 13.9 Å². The fourth-order valence-electron chi connectivity index (χ4n) is 3.52. The van der Waals surface area contributed by atoms with Crippen molar-refractivity contribution in [3.8, 4) is 0 Å². The monoisotopic (exact) mass is 385 g/mol. The zero-order valence-electron chi connectivity index (χ0n) is 14.6. The van der Waals surface area contributed by atoms with Crippen molar-refractivity contribution in [2.75, 3.05) is 6.61 Å². The SMILES string of the molecule is CCOC(=O)c1cn(C2CC2c2ccccc2)c2cc(Cl)c(F)cc2c1=O. The lowest BCUT2D eigenvalue weighted by molar-refractivity contribution is 0.0524. The normalized spacial score (nSPS) is 18.5. The zero-order valence-corrected chi connectivity index (χ0v) is 15.4. The van der Waals surface area contributed by atoms with Gasteiger partial charge in [-0.1, -0.05) is 41.9 Å². The summed E-state index contributed by atoms with van der Waals surface area (Å²) in [4.78, 5) is 25.0. The lowest BCUT2D eigenvalue weighted by Gasteiger charge is -2.14. The van der Waals surface area contributed by atoms with Crippen molar-refractivity contribution in [3.05, 3.63) is 80.9 Å². The Labute approximate surface area is 160 Å². The average Bonchev–Trinajstić information content (AvgIpc) is 3.45. The number of carbonyl (C=O) groups excluding carboxylic acids is 1. The second kappa shape index (κ2) is 6.82. The van der Waals surface area contributed by atoms with Crippen LogP contribution in [0.1, 0.15) is 41.2 Å². The van der Waals surface area contributed by atoms with Crippen LogP contribution in [0.5, 0.6) is 0 Å². The summed E-state index contributed by atoms with van der Waals surface area (Å²) in [6, 6.07) is 12.6. The Balaban J connectivity index is 1.89. The number of hydrogen-bond donors (Lipinski definition) is 0. The molecule has 0 N–H and O–H groups in total. The number of rotatable bonds is 4. The number of nitrogens with zero attached hydrogens (tertiary/aromatic N) is 1. The first-order chi connectivity index (χ1) is 13.0. The minimum Gasteiger partial charge on any atom is -0.462 e. The van der Waals surface area contributed by atoms with Gasteiger partial charge < -0.3 is 9.30 Å². The van der Waals surface area contributed by atoms with E-state index in [1.165, 1.54) is 17.8 Å². The molecule has 1 fully saturated rings. The summed E-state index contributed by atoms with van der Waals surface area (Å²) in [7, 11) is 0. The van der Waals surface area contributed by atoms with Gasteiger partial charge in [-0.3, -0.25) is 4.79 Å². The lowest BCUT2D eigenvalue weighted by atomic mass is 10.1. The molecule has 0 spiro atoms. The molecule has 1 saturated carbocycles. The summed E-state index contributed by atoms with van der Waals surface area (Å²) in [6.45, 7) is 1.82. The number of benzene rings is 2. The molecule has 0 bridgehead atoms. The van der Waals surface area contributed by atoms with Crippen LogP contribution in [0.25, 0.3) is 10.9 Å². The van der Waals surface area contributed by atoms with Gasteiger partial charge in [-0.05, 0) is 31.0 Å². The number of esters is 1. The average molecular weight is 386 g/mol. The van der Waals surface area contributed by atoms with Gasteiger partial charge in [0.2, 0.25) is 5.43 Å². The molecule has 1 heterocycles. The maximum atomic E-state index is 14.0. The minimum absolute atomic E-state index is 0.0588. The van der Waals surface area contributed by atoms with Gasteiger partial charge in [0.1, 0.15) is 11.4 Å². The molecule has 27 heavy (non-hydrogen) atoms. The maximum Gasteiger partial charge on any atom is 0.343 e. The van der Waals surface area contributed by atoms with Crippen molar-refractivity contribution in [2.24, 2.45) is 0 Å². The number of hydrogen-bond acceptors (Lipinski definition) is 3. The van der Waals surface area contributed by atoms with E-state index in [0.29, 0.717) is 5.52 Å². The molecule has 2 atom stereocenters. The summed E-state index contributed by atoms with van der Waals surface area (Å²) in [5.74, 6) is -1.13. The number of aromatic nitrogens is 1. The molecule has 138 valence electrons. The minimum atomic E-state index is -0.703. The lowest BCUT2D eigenvalue weighted by Crippen LogP contribution is -2.21. The van der Waals surface area contributed by atoms with Crippen LogP contribution < -0.4 is 5.43 Å². The molecule has 2 aromatic carbocycles. The molecule has 0 aliphatic heterocycles. The fourth-order valence-corrected chi connectivity index (χ4v) is 3.68. The van der Waals surface area contributed by atoms with Crippen molar-refractivity contribution >= 4 is 28.5 Å². The van der Waals surface area contributed by atoms with E-state index in [9.17, 15) is 14.0 Å². The van der Waals surface area contributed by atoms with Gasteiger partial charge in [0.25, 0.3) is 0 Å². The molecule has 4 rings (SSSR count). The number of carbonyl (C=O) groups is 1. The first-order valence-corrected chi connectivity index (χ1v) is 9.15. The molecule has 2 unspecified atom stereocenters. The van der Waals surface area contributed by atoms with Crippen LogP contribution in [0.4, 0.5) is 4.39 Å². The van der Waals surface area contributed by atoms with E-state index in [2.05, 4.69) is 0 Å². The molecule has 3 aromatic rings. The van der Waals surface area contributed by atoms with Gasteiger partial charge in [-0.25, -0.2) is 9.18 Å². The third kappa shape index (κ3) is 3.12. The summed E-state index contributed by atoms with van der Waals surface area (Å²) in [5.41, 5.74) is 1.06. The van der Waals surface area contributed by atoms with Crippen molar-refractivity contribution in [2.45, 2.75) is 25.3 Å². The number of pyridine rings is 1. The van der Waals surface area contributed by atoms with E-state index in [0.717, 1.165) is 12.5 Å². The smallest absolute Gasteiger partial charge is 0.343 e. The first-order valence-electron chi connectivity index (χ1n) is 8.77. The second-order valence-corrected chi connectivity index (χ2v) is 7.01. The highest BCUT2D eigenvalue weighted by atomic mass is 35.5. The van der Waals surface area contributed by atoms with Gasteiger partial charge >= 0.3 is 5.97 Å². The van der Waals surface area contributed by atoms with E-state index in [1.807, 2.05) is 34.9 Å². The predicted molar refractivity (Wildman–Crippen MR) is 102 cm³/mol. The highest BCUT2D eigenvalue weighted by molar-refractivity contribution is 6.31. The predicted octanol–water partition coefficient (Wildman–Crippen LogP) is 4.70. The summed E-state index contributed by atoms with van der Waals surface area (Å²) >= 11 is 5.96. The fraction of sp³-hybridized carbons (Fsp3) is 0.238. The Morgan fingerprint density at radius 2 is 2.04 bits per heavy atom. The summed E-state index contributed by atoms with van der Waals surface area (Å²) in [5, 5.41) is 0.0672. The molecule has 0 radical (unpaired) electrons. The zero-order chi connectivity index (χ0) is 19.1. The van der Waals surface area contributed by atoms with Gasteiger partial charge in [-0.2, -0.15) is 0 Å². The Bertz CT molecular complexity index is 1090. The summed E-state index contributed by atoms with van der Waals surface area (Å²) in [6.07, 6.45) is 2.38.